The standard InChI is InChI=1S/C14H25N/c1-9-10(2)12(4)13(11(9)3)8-15-14(5,6)7/h11,15H,8H2,1-7H3. The molecular formula is C14H25N. The van der Waals surface area contributed by atoms with Crippen LogP contribution < -0.4 is 5.32 Å². The third-order valence-corrected chi connectivity index (χ3v) is 3.62. The van der Waals surface area contributed by atoms with Crippen molar-refractivity contribution in [3.05, 3.63) is 22.3 Å². The zero-order valence-corrected chi connectivity index (χ0v) is 11.3. The highest BCUT2D eigenvalue weighted by atomic mass is 14.9. The fourth-order valence-corrected chi connectivity index (χ4v) is 2.09. The van der Waals surface area contributed by atoms with Gasteiger partial charge in [0.05, 0.1) is 0 Å². The second-order valence-electron chi connectivity index (χ2n) is 5.78. The van der Waals surface area contributed by atoms with Gasteiger partial charge in [-0.3, -0.25) is 0 Å². The number of rotatable bonds is 2. The smallest absolute Gasteiger partial charge is 0.0181 e. The van der Waals surface area contributed by atoms with E-state index >= 15 is 0 Å². The van der Waals surface area contributed by atoms with Gasteiger partial charge in [-0.25, -0.2) is 0 Å². The number of allylic oxidation sites excluding steroid dienone is 3. The van der Waals surface area contributed by atoms with Gasteiger partial charge in [0.1, 0.15) is 0 Å². The first-order valence-electron chi connectivity index (χ1n) is 5.86. The topological polar surface area (TPSA) is 12.0 Å². The summed E-state index contributed by atoms with van der Waals surface area (Å²) in [5, 5.41) is 3.58. The summed E-state index contributed by atoms with van der Waals surface area (Å²) in [4.78, 5) is 0. The Kier molecular flexibility index (Phi) is 3.44. The SMILES string of the molecule is CC1=C(C)C(C)C(CNC(C)(C)C)=C1C. The second kappa shape index (κ2) is 4.13. The number of hydrogen-bond acceptors (Lipinski definition) is 1. The molecule has 1 heteroatoms. The van der Waals surface area contributed by atoms with E-state index in [0.717, 1.165) is 6.54 Å². The van der Waals surface area contributed by atoms with Gasteiger partial charge in [-0.1, -0.05) is 12.5 Å². The minimum Gasteiger partial charge on any atom is -0.308 e. The molecule has 0 fully saturated rings. The summed E-state index contributed by atoms with van der Waals surface area (Å²) in [6.07, 6.45) is 0. The molecule has 15 heavy (non-hydrogen) atoms. The van der Waals surface area contributed by atoms with Crippen molar-refractivity contribution in [3.8, 4) is 0 Å². The zero-order chi connectivity index (χ0) is 11.8. The van der Waals surface area contributed by atoms with Gasteiger partial charge < -0.3 is 5.32 Å². The van der Waals surface area contributed by atoms with Crippen molar-refractivity contribution in [2.24, 2.45) is 5.92 Å². The Morgan fingerprint density at radius 2 is 1.60 bits per heavy atom. The van der Waals surface area contributed by atoms with Gasteiger partial charge in [0.2, 0.25) is 0 Å². The first-order chi connectivity index (χ1) is 6.74. The molecule has 0 aromatic carbocycles. The van der Waals surface area contributed by atoms with Crippen LogP contribution in [0.25, 0.3) is 0 Å². The summed E-state index contributed by atoms with van der Waals surface area (Å²) in [6.45, 7) is 16.7. The fourth-order valence-electron chi connectivity index (χ4n) is 2.09. The van der Waals surface area contributed by atoms with Crippen molar-refractivity contribution < 1.29 is 0 Å². The van der Waals surface area contributed by atoms with Crippen LogP contribution in [0.5, 0.6) is 0 Å². The van der Waals surface area contributed by atoms with Gasteiger partial charge >= 0.3 is 0 Å². The average Bonchev–Trinajstić information content (AvgIpc) is 2.28. The molecule has 86 valence electrons. The molecule has 1 nitrogen and oxygen atoms in total. The average molecular weight is 207 g/mol. The van der Waals surface area contributed by atoms with Gasteiger partial charge in [-0.05, 0) is 58.3 Å². The van der Waals surface area contributed by atoms with Crippen molar-refractivity contribution in [2.75, 3.05) is 6.54 Å². The lowest BCUT2D eigenvalue weighted by atomic mass is 9.97. The zero-order valence-electron chi connectivity index (χ0n) is 11.3. The van der Waals surface area contributed by atoms with Crippen molar-refractivity contribution in [1.82, 2.24) is 5.32 Å². The third-order valence-electron chi connectivity index (χ3n) is 3.62. The molecule has 1 N–H and O–H groups in total. The van der Waals surface area contributed by atoms with Gasteiger partial charge in [0.15, 0.2) is 0 Å². The Hall–Kier alpha value is -0.560. The van der Waals surface area contributed by atoms with Crippen molar-refractivity contribution in [2.45, 2.75) is 54.0 Å². The largest absolute Gasteiger partial charge is 0.308 e. The molecule has 1 aliphatic rings. The maximum atomic E-state index is 3.58. The van der Waals surface area contributed by atoms with E-state index in [4.69, 9.17) is 0 Å². The summed E-state index contributed by atoms with van der Waals surface area (Å²) >= 11 is 0. The van der Waals surface area contributed by atoms with Gasteiger partial charge in [-0.15, -0.1) is 0 Å². The Balaban J connectivity index is 2.74. The molecule has 0 spiro atoms. The summed E-state index contributed by atoms with van der Waals surface area (Å²) in [7, 11) is 0. The predicted octanol–water partition coefficient (Wildman–Crippen LogP) is 3.68. The molecule has 0 bridgehead atoms. The molecular weight excluding hydrogens is 182 g/mol. The number of nitrogens with one attached hydrogen (secondary N) is 1. The molecule has 0 aliphatic heterocycles. The van der Waals surface area contributed by atoms with Crippen LogP contribution in [0.15, 0.2) is 22.3 Å². The Bertz CT molecular complexity index is 313. The number of hydrogen-bond donors (Lipinski definition) is 1. The van der Waals surface area contributed by atoms with Gasteiger partial charge in [0, 0.05) is 18.0 Å². The maximum absolute atomic E-state index is 3.58. The van der Waals surface area contributed by atoms with E-state index in [9.17, 15) is 0 Å². The van der Waals surface area contributed by atoms with Crippen LogP contribution in [0, 0.1) is 5.92 Å². The molecule has 0 heterocycles. The maximum Gasteiger partial charge on any atom is 0.0181 e. The molecule has 1 unspecified atom stereocenters. The minimum absolute atomic E-state index is 0.206. The first-order valence-corrected chi connectivity index (χ1v) is 5.86. The van der Waals surface area contributed by atoms with E-state index < -0.39 is 0 Å². The summed E-state index contributed by atoms with van der Waals surface area (Å²) in [5.74, 6) is 0.625. The summed E-state index contributed by atoms with van der Waals surface area (Å²) in [5.41, 5.74) is 6.31. The van der Waals surface area contributed by atoms with Crippen LogP contribution in [0.3, 0.4) is 0 Å². The van der Waals surface area contributed by atoms with Crippen LogP contribution in [-0.2, 0) is 0 Å². The summed E-state index contributed by atoms with van der Waals surface area (Å²) < 4.78 is 0. The highest BCUT2D eigenvalue weighted by Gasteiger charge is 2.24. The van der Waals surface area contributed by atoms with Crippen LogP contribution in [-0.4, -0.2) is 12.1 Å². The Morgan fingerprint density at radius 1 is 1.07 bits per heavy atom. The van der Waals surface area contributed by atoms with Gasteiger partial charge in [-0.2, -0.15) is 0 Å². The van der Waals surface area contributed by atoms with Crippen LogP contribution in [0.4, 0.5) is 0 Å². The Labute approximate surface area is 94.6 Å². The predicted molar refractivity (Wildman–Crippen MR) is 68.0 cm³/mol. The fraction of sp³-hybridized carbons (Fsp3) is 0.714. The van der Waals surface area contributed by atoms with E-state index in [1.165, 1.54) is 11.1 Å². The van der Waals surface area contributed by atoms with Crippen LogP contribution in [0.1, 0.15) is 48.5 Å². The Morgan fingerprint density at radius 3 is 1.93 bits per heavy atom. The van der Waals surface area contributed by atoms with Crippen molar-refractivity contribution in [3.63, 3.8) is 0 Å². The highest BCUT2D eigenvalue weighted by molar-refractivity contribution is 5.47. The van der Waals surface area contributed by atoms with Crippen LogP contribution >= 0.6 is 0 Å². The van der Waals surface area contributed by atoms with Crippen molar-refractivity contribution in [1.29, 1.82) is 0 Å². The summed E-state index contributed by atoms with van der Waals surface area (Å²) in [6, 6.07) is 0. The van der Waals surface area contributed by atoms with E-state index in [0.29, 0.717) is 5.92 Å². The monoisotopic (exact) mass is 207 g/mol. The molecule has 0 saturated carbocycles. The van der Waals surface area contributed by atoms with Gasteiger partial charge in [0.25, 0.3) is 0 Å². The van der Waals surface area contributed by atoms with E-state index in [2.05, 4.69) is 53.8 Å². The minimum atomic E-state index is 0.206. The molecule has 0 saturated heterocycles. The molecule has 1 rings (SSSR count). The molecule has 0 amide bonds. The molecule has 1 aliphatic carbocycles. The highest BCUT2D eigenvalue weighted by Crippen LogP contribution is 2.36. The first kappa shape index (κ1) is 12.5. The van der Waals surface area contributed by atoms with Crippen LogP contribution in [0.2, 0.25) is 0 Å². The molecule has 1 atom stereocenters. The van der Waals surface area contributed by atoms with E-state index in [1.807, 2.05) is 0 Å². The van der Waals surface area contributed by atoms with E-state index in [1.54, 1.807) is 11.1 Å². The quantitative estimate of drug-likeness (QED) is 0.728. The lowest BCUT2D eigenvalue weighted by Crippen LogP contribution is -2.37. The van der Waals surface area contributed by atoms with E-state index in [-0.39, 0.29) is 5.54 Å². The molecule has 0 aromatic rings. The third kappa shape index (κ3) is 2.72. The lowest BCUT2D eigenvalue weighted by Gasteiger charge is -2.23. The molecule has 0 radical (unpaired) electrons. The second-order valence-corrected chi connectivity index (χ2v) is 5.78. The normalized spacial score (nSPS) is 23.0. The lowest BCUT2D eigenvalue weighted by molar-refractivity contribution is 0.438. The molecule has 0 aromatic heterocycles. The van der Waals surface area contributed by atoms with Crippen molar-refractivity contribution >= 4 is 0 Å².